The molecule has 2 aromatic carbocycles. The summed E-state index contributed by atoms with van der Waals surface area (Å²) < 4.78 is 19.3. The number of para-hydroxylation sites is 1. The van der Waals surface area contributed by atoms with Gasteiger partial charge < -0.3 is 9.72 Å². The maximum absolute atomic E-state index is 13.8. The third-order valence-corrected chi connectivity index (χ3v) is 3.72. The molecule has 0 fully saturated rings. The minimum Gasteiger partial charge on any atom is -0.496 e. The van der Waals surface area contributed by atoms with Crippen LogP contribution in [0.3, 0.4) is 0 Å². The van der Waals surface area contributed by atoms with Crippen LogP contribution in [-0.2, 0) is 0 Å². The number of halogens is 2. The van der Waals surface area contributed by atoms with E-state index in [1.165, 1.54) is 19.2 Å². The van der Waals surface area contributed by atoms with Crippen LogP contribution in [0.5, 0.6) is 5.75 Å². The molecule has 3 aromatic rings. The lowest BCUT2D eigenvalue weighted by Gasteiger charge is -2.09. The van der Waals surface area contributed by atoms with Crippen molar-refractivity contribution in [2.24, 2.45) is 0 Å². The molecule has 1 heterocycles. The monoisotopic (exact) mass is 348 g/mol. The van der Waals surface area contributed by atoms with Crippen molar-refractivity contribution in [3.8, 4) is 17.1 Å². The summed E-state index contributed by atoms with van der Waals surface area (Å²) >= 11 is 3.10. The molecule has 0 saturated carbocycles. The Morgan fingerprint density at radius 2 is 2.05 bits per heavy atom. The Morgan fingerprint density at radius 3 is 2.81 bits per heavy atom. The van der Waals surface area contributed by atoms with Crippen LogP contribution < -0.4 is 10.3 Å². The van der Waals surface area contributed by atoms with Crippen molar-refractivity contribution in [1.29, 1.82) is 0 Å². The molecule has 0 amide bonds. The predicted molar refractivity (Wildman–Crippen MR) is 82.0 cm³/mol. The number of fused-ring (bicyclic) bond motifs is 1. The zero-order valence-corrected chi connectivity index (χ0v) is 12.6. The van der Waals surface area contributed by atoms with Crippen molar-refractivity contribution in [1.82, 2.24) is 9.97 Å². The maximum atomic E-state index is 13.8. The van der Waals surface area contributed by atoms with Crippen LogP contribution in [0.25, 0.3) is 22.3 Å². The molecule has 106 valence electrons. The largest absolute Gasteiger partial charge is 0.496 e. The van der Waals surface area contributed by atoms with Gasteiger partial charge in [0.15, 0.2) is 0 Å². The molecule has 0 spiro atoms. The Hall–Kier alpha value is -2.21. The van der Waals surface area contributed by atoms with Gasteiger partial charge in [0.1, 0.15) is 17.4 Å². The number of hydrogen-bond donors (Lipinski definition) is 1. The van der Waals surface area contributed by atoms with E-state index in [9.17, 15) is 9.18 Å². The van der Waals surface area contributed by atoms with Crippen molar-refractivity contribution in [3.05, 3.63) is 57.0 Å². The first-order chi connectivity index (χ1) is 10.1. The molecule has 0 atom stereocenters. The Bertz CT molecular complexity index is 892. The topological polar surface area (TPSA) is 55.0 Å². The minimum absolute atomic E-state index is 0.266. The molecule has 0 unspecified atom stereocenters. The predicted octanol–water partition coefficient (Wildman–Crippen LogP) is 3.50. The standard InChI is InChI=1S/C15H10BrFN2O2/c1-21-13-7-10(16)11(17)6-9(13)14-18-12-5-3-2-4-8(12)15(20)19-14/h2-7H,1H3,(H,18,19,20). The number of hydrogen-bond acceptors (Lipinski definition) is 3. The number of aromatic amines is 1. The third-order valence-electron chi connectivity index (χ3n) is 3.11. The number of methoxy groups -OCH3 is 1. The van der Waals surface area contributed by atoms with Crippen LogP contribution in [0.1, 0.15) is 0 Å². The van der Waals surface area contributed by atoms with Gasteiger partial charge in [-0.1, -0.05) is 12.1 Å². The molecule has 0 saturated heterocycles. The quantitative estimate of drug-likeness (QED) is 0.771. The molecule has 1 N–H and O–H groups in total. The molecule has 6 heteroatoms. The molecule has 0 aliphatic carbocycles. The minimum atomic E-state index is -0.457. The summed E-state index contributed by atoms with van der Waals surface area (Å²) in [6, 6.07) is 9.74. The van der Waals surface area contributed by atoms with E-state index in [4.69, 9.17) is 4.74 Å². The van der Waals surface area contributed by atoms with Crippen molar-refractivity contribution in [3.63, 3.8) is 0 Å². The Kier molecular flexibility index (Phi) is 3.47. The first-order valence-electron chi connectivity index (χ1n) is 6.12. The van der Waals surface area contributed by atoms with Gasteiger partial charge in [-0.05, 0) is 40.2 Å². The van der Waals surface area contributed by atoms with Gasteiger partial charge in [-0.15, -0.1) is 0 Å². The summed E-state index contributed by atoms with van der Waals surface area (Å²) in [7, 11) is 1.47. The third kappa shape index (κ3) is 2.42. The van der Waals surface area contributed by atoms with E-state index in [1.807, 2.05) is 0 Å². The molecular formula is C15H10BrFN2O2. The smallest absolute Gasteiger partial charge is 0.259 e. The highest BCUT2D eigenvalue weighted by molar-refractivity contribution is 9.10. The summed E-state index contributed by atoms with van der Waals surface area (Å²) in [6.07, 6.45) is 0. The number of aromatic nitrogens is 2. The first-order valence-corrected chi connectivity index (χ1v) is 6.92. The van der Waals surface area contributed by atoms with Crippen LogP contribution in [0.15, 0.2) is 45.7 Å². The molecule has 21 heavy (non-hydrogen) atoms. The fourth-order valence-corrected chi connectivity index (χ4v) is 2.42. The maximum Gasteiger partial charge on any atom is 0.259 e. The summed E-state index contributed by atoms with van der Waals surface area (Å²) in [6.45, 7) is 0. The summed E-state index contributed by atoms with van der Waals surface area (Å²) in [5.41, 5.74) is 0.656. The lowest BCUT2D eigenvalue weighted by molar-refractivity contribution is 0.414. The Balaban J connectivity index is 2.30. The van der Waals surface area contributed by atoms with Crippen molar-refractivity contribution < 1.29 is 9.13 Å². The average Bonchev–Trinajstić information content (AvgIpc) is 2.49. The number of rotatable bonds is 2. The van der Waals surface area contributed by atoms with E-state index in [0.717, 1.165) is 0 Å². The van der Waals surface area contributed by atoms with Gasteiger partial charge in [-0.2, -0.15) is 0 Å². The lowest BCUT2D eigenvalue weighted by Crippen LogP contribution is -2.10. The number of H-pyrrole nitrogens is 1. The number of benzene rings is 2. The molecular weight excluding hydrogens is 339 g/mol. The molecule has 0 aliphatic heterocycles. The zero-order chi connectivity index (χ0) is 15.0. The highest BCUT2D eigenvalue weighted by Crippen LogP contribution is 2.32. The number of nitrogens with zero attached hydrogens (tertiary/aromatic N) is 1. The zero-order valence-electron chi connectivity index (χ0n) is 11.0. The van der Waals surface area contributed by atoms with Gasteiger partial charge in [0.05, 0.1) is 28.0 Å². The SMILES string of the molecule is COc1cc(Br)c(F)cc1-c1nc2ccccc2c(=O)[nH]1. The lowest BCUT2D eigenvalue weighted by atomic mass is 10.1. The van der Waals surface area contributed by atoms with Gasteiger partial charge in [0, 0.05) is 0 Å². The van der Waals surface area contributed by atoms with Crippen molar-refractivity contribution in [2.75, 3.05) is 7.11 Å². The summed E-state index contributed by atoms with van der Waals surface area (Å²) in [5, 5.41) is 0.484. The molecule has 0 radical (unpaired) electrons. The number of nitrogens with one attached hydrogen (secondary N) is 1. The Labute approximate surface area is 127 Å². The fourth-order valence-electron chi connectivity index (χ4n) is 2.10. The molecule has 0 bridgehead atoms. The molecule has 1 aromatic heterocycles. The second-order valence-corrected chi connectivity index (χ2v) is 5.25. The molecule has 0 aliphatic rings. The van der Waals surface area contributed by atoms with Crippen molar-refractivity contribution in [2.45, 2.75) is 0 Å². The fraction of sp³-hybridized carbons (Fsp3) is 0.0667. The van der Waals surface area contributed by atoms with Gasteiger partial charge in [-0.3, -0.25) is 4.79 Å². The second kappa shape index (κ2) is 5.29. The van der Waals surface area contributed by atoms with E-state index in [-0.39, 0.29) is 15.9 Å². The highest BCUT2D eigenvalue weighted by Gasteiger charge is 2.14. The van der Waals surface area contributed by atoms with Gasteiger partial charge in [0.2, 0.25) is 0 Å². The van der Waals surface area contributed by atoms with Crippen LogP contribution in [0, 0.1) is 5.82 Å². The van der Waals surface area contributed by atoms with Crippen LogP contribution in [-0.4, -0.2) is 17.1 Å². The summed E-state index contributed by atoms with van der Waals surface area (Å²) in [5.74, 6) is 0.227. The molecule has 4 nitrogen and oxygen atoms in total. The van der Waals surface area contributed by atoms with Crippen LogP contribution in [0.2, 0.25) is 0 Å². The highest BCUT2D eigenvalue weighted by atomic mass is 79.9. The van der Waals surface area contributed by atoms with E-state index < -0.39 is 5.82 Å². The normalized spacial score (nSPS) is 10.8. The number of ether oxygens (including phenoxy) is 1. The van der Waals surface area contributed by atoms with E-state index in [2.05, 4.69) is 25.9 Å². The first kappa shape index (κ1) is 13.8. The van der Waals surface area contributed by atoms with E-state index in [0.29, 0.717) is 22.2 Å². The Morgan fingerprint density at radius 1 is 1.29 bits per heavy atom. The second-order valence-electron chi connectivity index (χ2n) is 4.40. The molecule has 3 rings (SSSR count). The van der Waals surface area contributed by atoms with Crippen LogP contribution in [0.4, 0.5) is 4.39 Å². The summed E-state index contributed by atoms with van der Waals surface area (Å²) in [4.78, 5) is 19.1. The van der Waals surface area contributed by atoms with Crippen molar-refractivity contribution >= 4 is 26.8 Å². The van der Waals surface area contributed by atoms with Gasteiger partial charge >= 0.3 is 0 Å². The van der Waals surface area contributed by atoms with Gasteiger partial charge in [0.25, 0.3) is 5.56 Å². The van der Waals surface area contributed by atoms with E-state index in [1.54, 1.807) is 24.3 Å². The van der Waals surface area contributed by atoms with Crippen LogP contribution >= 0.6 is 15.9 Å². The average molecular weight is 349 g/mol. The van der Waals surface area contributed by atoms with E-state index >= 15 is 0 Å². The van der Waals surface area contributed by atoms with Gasteiger partial charge in [-0.25, -0.2) is 9.37 Å².